The molecule has 0 heterocycles. The first-order valence-electron chi connectivity index (χ1n) is 6.16. The molecular weight excluding hydrogens is 339 g/mol. The quantitative estimate of drug-likeness (QED) is 0.868. The molecule has 1 atom stereocenters. The van der Waals surface area contributed by atoms with E-state index in [0.29, 0.717) is 15.9 Å². The number of ether oxygens (including phenoxy) is 1. The number of halogens is 2. The molecule has 0 saturated heterocycles. The first kappa shape index (κ1) is 15.3. The van der Waals surface area contributed by atoms with Gasteiger partial charge in [-0.25, -0.2) is 4.39 Å². The van der Waals surface area contributed by atoms with E-state index < -0.39 is 17.8 Å². The van der Waals surface area contributed by atoms with Crippen LogP contribution in [0.15, 0.2) is 46.9 Å². The van der Waals surface area contributed by atoms with Crippen LogP contribution in [0.4, 0.5) is 10.1 Å². The van der Waals surface area contributed by atoms with Crippen molar-refractivity contribution in [1.29, 1.82) is 0 Å². The molecule has 0 aliphatic rings. The van der Waals surface area contributed by atoms with Gasteiger partial charge in [-0.1, -0.05) is 22.0 Å². The first-order chi connectivity index (χ1) is 10.0. The Hall–Kier alpha value is -2.08. The number of carbonyl (C=O) groups is 1. The number of benzene rings is 2. The maximum absolute atomic E-state index is 13.9. The smallest absolute Gasteiger partial charge is 0.244 e. The van der Waals surface area contributed by atoms with Gasteiger partial charge >= 0.3 is 0 Å². The largest absolute Gasteiger partial charge is 0.497 e. The van der Waals surface area contributed by atoms with Crippen molar-refractivity contribution in [3.05, 3.63) is 58.3 Å². The van der Waals surface area contributed by atoms with E-state index in [9.17, 15) is 9.18 Å². The molecule has 0 radical (unpaired) electrons. The number of anilines is 1. The van der Waals surface area contributed by atoms with Crippen molar-refractivity contribution in [2.75, 3.05) is 12.4 Å². The standard InChI is InChI=1S/C15H14BrFN2O2/c1-21-11-4-2-3-10(8-11)19-14(15(18)20)12-7-9(16)5-6-13(12)17/h2-8,14,19H,1H3,(H2,18,20). The Bertz CT molecular complexity index is 664. The summed E-state index contributed by atoms with van der Waals surface area (Å²) in [5.41, 5.74) is 6.18. The molecule has 6 heteroatoms. The van der Waals surface area contributed by atoms with Gasteiger partial charge in [0.2, 0.25) is 5.91 Å². The lowest BCUT2D eigenvalue weighted by Gasteiger charge is -2.18. The van der Waals surface area contributed by atoms with E-state index in [1.54, 1.807) is 37.4 Å². The van der Waals surface area contributed by atoms with Crippen LogP contribution in [-0.2, 0) is 4.79 Å². The third-order valence-electron chi connectivity index (χ3n) is 2.93. The second kappa shape index (κ2) is 6.58. The molecule has 21 heavy (non-hydrogen) atoms. The lowest BCUT2D eigenvalue weighted by molar-refractivity contribution is -0.118. The molecule has 2 rings (SSSR count). The van der Waals surface area contributed by atoms with E-state index in [2.05, 4.69) is 21.2 Å². The summed E-state index contributed by atoms with van der Waals surface area (Å²) in [7, 11) is 1.54. The molecule has 0 saturated carbocycles. The number of hydrogen-bond donors (Lipinski definition) is 2. The number of methoxy groups -OCH3 is 1. The lowest BCUT2D eigenvalue weighted by Crippen LogP contribution is -2.28. The van der Waals surface area contributed by atoms with E-state index in [0.717, 1.165) is 0 Å². The van der Waals surface area contributed by atoms with Crippen LogP contribution in [0.5, 0.6) is 5.75 Å². The molecule has 0 aliphatic carbocycles. The zero-order valence-electron chi connectivity index (χ0n) is 11.3. The highest BCUT2D eigenvalue weighted by Crippen LogP contribution is 2.26. The first-order valence-corrected chi connectivity index (χ1v) is 6.95. The molecule has 4 nitrogen and oxygen atoms in total. The van der Waals surface area contributed by atoms with Gasteiger partial charge in [-0.15, -0.1) is 0 Å². The Morgan fingerprint density at radius 2 is 2.10 bits per heavy atom. The van der Waals surface area contributed by atoms with Crippen LogP contribution in [0.2, 0.25) is 0 Å². The minimum absolute atomic E-state index is 0.180. The van der Waals surface area contributed by atoms with E-state index >= 15 is 0 Å². The maximum Gasteiger partial charge on any atom is 0.244 e. The van der Waals surface area contributed by atoms with Crippen molar-refractivity contribution in [3.8, 4) is 5.75 Å². The van der Waals surface area contributed by atoms with E-state index in [1.807, 2.05) is 0 Å². The summed E-state index contributed by atoms with van der Waals surface area (Å²) >= 11 is 3.26. The average molecular weight is 353 g/mol. The highest BCUT2D eigenvalue weighted by atomic mass is 79.9. The van der Waals surface area contributed by atoms with E-state index in [1.165, 1.54) is 12.1 Å². The predicted octanol–water partition coefficient (Wildman–Crippen LogP) is 3.24. The summed E-state index contributed by atoms with van der Waals surface area (Å²) < 4.78 is 19.7. The van der Waals surface area contributed by atoms with Crippen molar-refractivity contribution in [2.24, 2.45) is 5.73 Å². The molecule has 0 fully saturated rings. The fraction of sp³-hybridized carbons (Fsp3) is 0.133. The van der Waals surface area contributed by atoms with E-state index in [-0.39, 0.29) is 5.56 Å². The summed E-state index contributed by atoms with van der Waals surface area (Å²) in [6.45, 7) is 0. The topological polar surface area (TPSA) is 64.3 Å². The number of amides is 1. The fourth-order valence-corrected chi connectivity index (χ4v) is 2.30. The molecule has 1 unspecified atom stereocenters. The van der Waals surface area contributed by atoms with Gasteiger partial charge in [0.15, 0.2) is 0 Å². The molecule has 2 aromatic carbocycles. The monoisotopic (exact) mass is 352 g/mol. The second-order valence-corrected chi connectivity index (χ2v) is 5.29. The number of rotatable bonds is 5. The number of primary amides is 1. The maximum atomic E-state index is 13.9. The third kappa shape index (κ3) is 3.72. The van der Waals surface area contributed by atoms with Crippen LogP contribution in [-0.4, -0.2) is 13.0 Å². The zero-order chi connectivity index (χ0) is 15.4. The van der Waals surface area contributed by atoms with Gasteiger partial charge in [0.1, 0.15) is 17.6 Å². The minimum Gasteiger partial charge on any atom is -0.497 e. The lowest BCUT2D eigenvalue weighted by atomic mass is 10.1. The van der Waals surface area contributed by atoms with Crippen LogP contribution in [0.1, 0.15) is 11.6 Å². The third-order valence-corrected chi connectivity index (χ3v) is 3.43. The normalized spacial score (nSPS) is 11.8. The van der Waals surface area contributed by atoms with E-state index in [4.69, 9.17) is 10.5 Å². The van der Waals surface area contributed by atoms with Crippen LogP contribution in [0, 0.1) is 5.82 Å². The summed E-state index contributed by atoms with van der Waals surface area (Å²) in [4.78, 5) is 11.7. The Labute approximate surface area is 130 Å². The number of nitrogens with two attached hydrogens (primary N) is 1. The molecule has 0 aromatic heterocycles. The van der Waals surface area contributed by atoms with Crippen LogP contribution < -0.4 is 15.8 Å². The second-order valence-electron chi connectivity index (χ2n) is 4.38. The highest BCUT2D eigenvalue weighted by Gasteiger charge is 2.21. The van der Waals surface area contributed by atoms with Crippen molar-refractivity contribution < 1.29 is 13.9 Å². The van der Waals surface area contributed by atoms with Crippen LogP contribution in [0.25, 0.3) is 0 Å². The predicted molar refractivity (Wildman–Crippen MR) is 82.7 cm³/mol. The Balaban J connectivity index is 2.35. The number of hydrogen-bond acceptors (Lipinski definition) is 3. The van der Waals surface area contributed by atoms with Gasteiger partial charge in [0.05, 0.1) is 7.11 Å². The van der Waals surface area contributed by atoms with Gasteiger partial charge in [-0.2, -0.15) is 0 Å². The van der Waals surface area contributed by atoms with Crippen molar-refractivity contribution in [2.45, 2.75) is 6.04 Å². The zero-order valence-corrected chi connectivity index (χ0v) is 12.9. The molecule has 2 aromatic rings. The molecule has 0 spiro atoms. The summed E-state index contributed by atoms with van der Waals surface area (Å²) in [5, 5.41) is 2.92. The van der Waals surface area contributed by atoms with Crippen molar-refractivity contribution >= 4 is 27.5 Å². The molecule has 1 amide bonds. The average Bonchev–Trinajstić information content (AvgIpc) is 2.47. The SMILES string of the molecule is COc1cccc(NC(C(N)=O)c2cc(Br)ccc2F)c1. The van der Waals surface area contributed by atoms with Gasteiger partial charge in [-0.3, -0.25) is 4.79 Å². The minimum atomic E-state index is -0.977. The van der Waals surface area contributed by atoms with Crippen LogP contribution in [0.3, 0.4) is 0 Å². The van der Waals surface area contributed by atoms with Crippen molar-refractivity contribution in [3.63, 3.8) is 0 Å². The summed E-state index contributed by atoms with van der Waals surface area (Å²) in [6.07, 6.45) is 0. The molecular formula is C15H14BrFN2O2. The Kier molecular flexibility index (Phi) is 4.80. The van der Waals surface area contributed by atoms with Crippen molar-refractivity contribution in [1.82, 2.24) is 0 Å². The van der Waals surface area contributed by atoms with Crippen LogP contribution >= 0.6 is 15.9 Å². The van der Waals surface area contributed by atoms with Gasteiger partial charge in [-0.05, 0) is 30.3 Å². The Morgan fingerprint density at radius 3 is 2.76 bits per heavy atom. The molecule has 3 N–H and O–H groups in total. The highest BCUT2D eigenvalue weighted by molar-refractivity contribution is 9.10. The van der Waals surface area contributed by atoms with Gasteiger partial charge in [0, 0.05) is 21.8 Å². The molecule has 110 valence electrons. The fourth-order valence-electron chi connectivity index (χ4n) is 1.92. The van der Waals surface area contributed by atoms with Gasteiger partial charge < -0.3 is 15.8 Å². The molecule has 0 bridgehead atoms. The summed E-state index contributed by atoms with van der Waals surface area (Å²) in [6, 6.07) is 10.4. The number of carbonyl (C=O) groups excluding carboxylic acids is 1. The number of nitrogens with one attached hydrogen (secondary N) is 1. The summed E-state index contributed by atoms with van der Waals surface area (Å²) in [5.74, 6) is -0.551. The van der Waals surface area contributed by atoms with Gasteiger partial charge in [0.25, 0.3) is 0 Å². The molecule has 0 aliphatic heterocycles. The Morgan fingerprint density at radius 1 is 1.33 bits per heavy atom.